The van der Waals surface area contributed by atoms with E-state index in [1.807, 2.05) is 19.1 Å². The molecule has 106 valence electrons. The van der Waals surface area contributed by atoms with Crippen LogP contribution in [0.1, 0.15) is 50.2 Å². The minimum Gasteiger partial charge on any atom is -0.370 e. The van der Waals surface area contributed by atoms with Gasteiger partial charge >= 0.3 is 0 Å². The molecule has 1 aromatic heterocycles. The molecule has 0 radical (unpaired) electrons. The summed E-state index contributed by atoms with van der Waals surface area (Å²) in [6.07, 6.45) is 1.86. The molecule has 2 N–H and O–H groups in total. The van der Waals surface area contributed by atoms with Gasteiger partial charge in [-0.05, 0) is 30.9 Å². The van der Waals surface area contributed by atoms with Gasteiger partial charge in [-0.15, -0.1) is 0 Å². The highest BCUT2D eigenvalue weighted by Gasteiger charge is 2.09. The first-order valence-electron chi connectivity index (χ1n) is 7.09. The summed E-state index contributed by atoms with van der Waals surface area (Å²) in [5.41, 5.74) is 1.63. The first-order valence-corrected chi connectivity index (χ1v) is 7.09. The van der Waals surface area contributed by atoms with Crippen LogP contribution in [0, 0.1) is 5.92 Å². The van der Waals surface area contributed by atoms with Gasteiger partial charge in [-0.1, -0.05) is 27.7 Å². The lowest BCUT2D eigenvalue weighted by molar-refractivity contribution is 0.0949. The Balaban J connectivity index is 2.83. The van der Waals surface area contributed by atoms with E-state index < -0.39 is 0 Å². The summed E-state index contributed by atoms with van der Waals surface area (Å²) in [5.74, 6) is 1.22. The van der Waals surface area contributed by atoms with Gasteiger partial charge in [-0.25, -0.2) is 4.98 Å². The smallest absolute Gasteiger partial charge is 0.251 e. The number of rotatable bonds is 7. The van der Waals surface area contributed by atoms with Gasteiger partial charge in [0.05, 0.1) is 0 Å². The molecule has 1 rings (SSSR count). The Hall–Kier alpha value is -1.58. The van der Waals surface area contributed by atoms with Crippen molar-refractivity contribution in [2.24, 2.45) is 5.92 Å². The number of carbonyl (C=O) groups excluding carboxylic acids is 1. The predicted octanol–water partition coefficient (Wildman–Crippen LogP) is 2.85. The maximum atomic E-state index is 12.1. The highest BCUT2D eigenvalue weighted by atomic mass is 16.1. The molecule has 0 aliphatic carbocycles. The van der Waals surface area contributed by atoms with Crippen molar-refractivity contribution in [2.45, 2.75) is 40.5 Å². The van der Waals surface area contributed by atoms with Gasteiger partial charge in [0, 0.05) is 24.3 Å². The van der Waals surface area contributed by atoms with Crippen LogP contribution in [0.15, 0.2) is 12.1 Å². The second-order valence-electron chi connectivity index (χ2n) is 5.12. The quantitative estimate of drug-likeness (QED) is 0.795. The molecule has 4 heteroatoms. The molecule has 19 heavy (non-hydrogen) atoms. The number of nitrogens with one attached hydrogen (secondary N) is 2. The molecular formula is C15H25N3O. The number of pyridine rings is 1. The second kappa shape index (κ2) is 7.77. The first kappa shape index (κ1) is 15.5. The van der Waals surface area contributed by atoms with Crippen LogP contribution in [0.4, 0.5) is 5.82 Å². The van der Waals surface area contributed by atoms with Gasteiger partial charge in [0.2, 0.25) is 0 Å². The van der Waals surface area contributed by atoms with E-state index in [0.29, 0.717) is 18.0 Å². The summed E-state index contributed by atoms with van der Waals surface area (Å²) in [6.45, 7) is 9.87. The van der Waals surface area contributed by atoms with Crippen molar-refractivity contribution < 1.29 is 4.79 Å². The van der Waals surface area contributed by atoms with Gasteiger partial charge in [-0.2, -0.15) is 0 Å². The SMILES string of the molecule is CCCNc1cc(C(=O)NCC(C)C)cc(CC)n1. The van der Waals surface area contributed by atoms with Crippen LogP contribution in [0.3, 0.4) is 0 Å². The van der Waals surface area contributed by atoms with Crippen molar-refractivity contribution in [2.75, 3.05) is 18.4 Å². The number of hydrogen-bond donors (Lipinski definition) is 2. The van der Waals surface area contributed by atoms with E-state index in [1.54, 1.807) is 0 Å². The third kappa shape index (κ3) is 5.28. The van der Waals surface area contributed by atoms with Gasteiger partial charge in [0.1, 0.15) is 5.82 Å². The number of carbonyl (C=O) groups is 1. The van der Waals surface area contributed by atoms with E-state index in [2.05, 4.69) is 36.4 Å². The van der Waals surface area contributed by atoms with Gasteiger partial charge in [0.15, 0.2) is 0 Å². The van der Waals surface area contributed by atoms with E-state index >= 15 is 0 Å². The fourth-order valence-corrected chi connectivity index (χ4v) is 1.64. The highest BCUT2D eigenvalue weighted by molar-refractivity contribution is 5.95. The maximum absolute atomic E-state index is 12.1. The summed E-state index contributed by atoms with van der Waals surface area (Å²) in [4.78, 5) is 16.6. The number of anilines is 1. The van der Waals surface area contributed by atoms with Crippen LogP contribution >= 0.6 is 0 Å². The molecular weight excluding hydrogens is 238 g/mol. The average molecular weight is 263 g/mol. The van der Waals surface area contributed by atoms with Crippen LogP contribution < -0.4 is 10.6 Å². The summed E-state index contributed by atoms with van der Waals surface area (Å²) in [6, 6.07) is 3.69. The molecule has 0 bridgehead atoms. The number of aryl methyl sites for hydroxylation is 1. The lowest BCUT2D eigenvalue weighted by atomic mass is 10.1. The zero-order valence-corrected chi connectivity index (χ0v) is 12.4. The number of aromatic nitrogens is 1. The Bertz CT molecular complexity index is 416. The van der Waals surface area contributed by atoms with Crippen LogP contribution in [-0.4, -0.2) is 24.0 Å². The molecule has 0 aliphatic rings. The standard InChI is InChI=1S/C15H25N3O/c1-5-7-16-14-9-12(8-13(6-2)18-14)15(19)17-10-11(3)4/h8-9,11H,5-7,10H2,1-4H3,(H,16,18)(H,17,19). The Kier molecular flexibility index (Phi) is 6.33. The summed E-state index contributed by atoms with van der Waals surface area (Å²) < 4.78 is 0. The van der Waals surface area contributed by atoms with E-state index in [-0.39, 0.29) is 5.91 Å². The van der Waals surface area contributed by atoms with Gasteiger partial charge < -0.3 is 10.6 Å². The average Bonchev–Trinajstić information content (AvgIpc) is 2.41. The Morgan fingerprint density at radius 2 is 2.05 bits per heavy atom. The third-order valence-electron chi connectivity index (χ3n) is 2.73. The Labute approximate surface area is 116 Å². The number of hydrogen-bond acceptors (Lipinski definition) is 3. The molecule has 0 aromatic carbocycles. The zero-order valence-electron chi connectivity index (χ0n) is 12.4. The van der Waals surface area contributed by atoms with Gasteiger partial charge in [-0.3, -0.25) is 4.79 Å². The van der Waals surface area contributed by atoms with Crippen molar-refractivity contribution in [3.8, 4) is 0 Å². The molecule has 0 fully saturated rings. The summed E-state index contributed by atoms with van der Waals surface area (Å²) in [5, 5.41) is 6.18. The second-order valence-corrected chi connectivity index (χ2v) is 5.12. The minimum atomic E-state index is -0.0228. The van der Waals surface area contributed by atoms with Crippen molar-refractivity contribution in [3.63, 3.8) is 0 Å². The summed E-state index contributed by atoms with van der Waals surface area (Å²) in [7, 11) is 0. The Morgan fingerprint density at radius 1 is 1.32 bits per heavy atom. The molecule has 1 heterocycles. The maximum Gasteiger partial charge on any atom is 0.251 e. The van der Waals surface area contributed by atoms with Gasteiger partial charge in [0.25, 0.3) is 5.91 Å². The fraction of sp³-hybridized carbons (Fsp3) is 0.600. The normalized spacial score (nSPS) is 10.6. The van der Waals surface area contributed by atoms with Crippen molar-refractivity contribution >= 4 is 11.7 Å². The fourth-order valence-electron chi connectivity index (χ4n) is 1.64. The topological polar surface area (TPSA) is 54.0 Å². The van der Waals surface area contributed by atoms with Crippen LogP contribution in [0.25, 0.3) is 0 Å². The zero-order chi connectivity index (χ0) is 14.3. The van der Waals surface area contributed by atoms with Crippen molar-refractivity contribution in [1.82, 2.24) is 10.3 Å². The molecule has 4 nitrogen and oxygen atoms in total. The lowest BCUT2D eigenvalue weighted by Gasteiger charge is -2.11. The molecule has 0 aliphatic heterocycles. The number of amides is 1. The molecule has 0 atom stereocenters. The largest absolute Gasteiger partial charge is 0.370 e. The molecule has 1 amide bonds. The molecule has 1 aromatic rings. The minimum absolute atomic E-state index is 0.0228. The molecule has 0 saturated carbocycles. The van der Waals surface area contributed by atoms with Crippen LogP contribution in [0.2, 0.25) is 0 Å². The van der Waals surface area contributed by atoms with Crippen molar-refractivity contribution in [1.29, 1.82) is 0 Å². The van der Waals surface area contributed by atoms with E-state index in [1.165, 1.54) is 0 Å². The molecule has 0 spiro atoms. The monoisotopic (exact) mass is 263 g/mol. The van der Waals surface area contributed by atoms with Crippen molar-refractivity contribution in [3.05, 3.63) is 23.4 Å². The molecule has 0 unspecified atom stereocenters. The van der Waals surface area contributed by atoms with Crippen LogP contribution in [-0.2, 0) is 6.42 Å². The van der Waals surface area contributed by atoms with E-state index in [0.717, 1.165) is 30.9 Å². The number of nitrogens with zero attached hydrogens (tertiary/aromatic N) is 1. The van der Waals surface area contributed by atoms with E-state index in [4.69, 9.17) is 0 Å². The summed E-state index contributed by atoms with van der Waals surface area (Å²) >= 11 is 0. The van der Waals surface area contributed by atoms with E-state index in [9.17, 15) is 4.79 Å². The first-order chi connectivity index (χ1) is 9.06. The Morgan fingerprint density at radius 3 is 2.63 bits per heavy atom. The molecule has 0 saturated heterocycles. The third-order valence-corrected chi connectivity index (χ3v) is 2.73. The predicted molar refractivity (Wildman–Crippen MR) is 79.6 cm³/mol. The van der Waals surface area contributed by atoms with Crippen LogP contribution in [0.5, 0.6) is 0 Å². The highest BCUT2D eigenvalue weighted by Crippen LogP contribution is 2.11. The lowest BCUT2D eigenvalue weighted by Crippen LogP contribution is -2.27.